The van der Waals surface area contributed by atoms with Crippen LogP contribution in [0.15, 0.2) is 42.5 Å². The monoisotopic (exact) mass is 600 g/mol. The number of carbonyl (C=O) groups is 3. The van der Waals surface area contributed by atoms with E-state index in [1.807, 2.05) is 19.0 Å². The number of H-pyrrole nitrogens is 1. The summed E-state index contributed by atoms with van der Waals surface area (Å²) in [4.78, 5) is 47.3. The molecule has 0 unspecified atom stereocenters. The second-order valence-electron chi connectivity index (χ2n) is 10.0. The lowest BCUT2D eigenvalue weighted by molar-refractivity contribution is -0.116. The number of ether oxygens (including phenoxy) is 1. The lowest BCUT2D eigenvalue weighted by Crippen LogP contribution is -2.30. The molecule has 0 fully saturated rings. The molecule has 1 atom stereocenters. The van der Waals surface area contributed by atoms with Crippen LogP contribution in [-0.2, 0) is 9.53 Å². The van der Waals surface area contributed by atoms with Crippen LogP contribution in [0.3, 0.4) is 0 Å². The first-order valence-corrected chi connectivity index (χ1v) is 13.6. The van der Waals surface area contributed by atoms with E-state index in [0.29, 0.717) is 35.5 Å². The maximum Gasteiger partial charge on any atom is 0.411 e. The molecule has 3 aromatic rings. The fourth-order valence-corrected chi connectivity index (χ4v) is 4.52. The predicted octanol–water partition coefficient (Wildman–Crippen LogP) is 5.58. The Labute approximate surface area is 246 Å². The number of rotatable bonds is 6. The number of aromatic amines is 1. The summed E-state index contributed by atoms with van der Waals surface area (Å²) in [6.07, 6.45) is 3.59. The van der Waals surface area contributed by atoms with E-state index in [4.69, 9.17) is 16.3 Å². The average molecular weight is 601 g/mol. The second-order valence-corrected chi connectivity index (χ2v) is 10.4. The SMILES string of the molecule is Cc1cc(F)c(C(=O)N[C@H]2C/C=C/CCC(=O)Nc3cc(NC(=O)OCCN(C)C)ccc3-c3nc2[nH]c3Cl)c(F)c1. The van der Waals surface area contributed by atoms with Crippen molar-refractivity contribution in [1.29, 1.82) is 0 Å². The first-order valence-electron chi connectivity index (χ1n) is 13.2. The highest BCUT2D eigenvalue weighted by atomic mass is 35.5. The van der Waals surface area contributed by atoms with Gasteiger partial charge in [0.15, 0.2) is 0 Å². The molecule has 0 radical (unpaired) electrons. The molecule has 0 saturated carbocycles. The highest BCUT2D eigenvalue weighted by Crippen LogP contribution is 2.35. The van der Waals surface area contributed by atoms with Gasteiger partial charge in [-0.2, -0.15) is 0 Å². The zero-order valence-corrected chi connectivity index (χ0v) is 24.1. The van der Waals surface area contributed by atoms with Crippen molar-refractivity contribution in [1.82, 2.24) is 20.2 Å². The molecule has 42 heavy (non-hydrogen) atoms. The lowest BCUT2D eigenvalue weighted by atomic mass is 10.1. The molecule has 0 aliphatic carbocycles. The van der Waals surface area contributed by atoms with Gasteiger partial charge in [0.1, 0.15) is 40.5 Å². The highest BCUT2D eigenvalue weighted by molar-refractivity contribution is 6.32. The molecule has 0 spiro atoms. The van der Waals surface area contributed by atoms with E-state index in [0.717, 1.165) is 12.1 Å². The number of halogens is 3. The molecule has 1 aliphatic rings. The Morgan fingerprint density at radius 1 is 1.17 bits per heavy atom. The summed E-state index contributed by atoms with van der Waals surface area (Å²) in [5, 5.41) is 8.23. The Balaban J connectivity index is 1.65. The molecule has 1 aromatic heterocycles. The molecule has 1 aliphatic heterocycles. The van der Waals surface area contributed by atoms with E-state index in [1.165, 1.54) is 6.92 Å². The molecule has 3 amide bonds. The van der Waals surface area contributed by atoms with Gasteiger partial charge in [-0.05, 0) is 69.8 Å². The number of imidazole rings is 1. The van der Waals surface area contributed by atoms with Crippen LogP contribution in [0.5, 0.6) is 0 Å². The van der Waals surface area contributed by atoms with Gasteiger partial charge in [0.25, 0.3) is 5.91 Å². The normalized spacial score (nSPS) is 15.9. The van der Waals surface area contributed by atoms with Gasteiger partial charge in [0.05, 0.1) is 11.7 Å². The minimum absolute atomic E-state index is 0.109. The molecule has 222 valence electrons. The standard InChI is InChI=1S/C29H31ClF2N6O4/c1-16-13-19(31)24(20(32)14-16)28(40)35-21-7-5-4-6-8-23(39)34-22-15-17(33-29(41)42-12-11-38(2)3)9-10-18(22)25-26(30)37-27(21)36-25/h4-5,9-10,13-15,21H,6-8,11-12H2,1-3H3,(H,33,41)(H,34,39)(H,35,40)(H,36,37)/b5-4+/t21-/m0/s1. The van der Waals surface area contributed by atoms with Crippen molar-refractivity contribution < 1.29 is 27.9 Å². The van der Waals surface area contributed by atoms with Gasteiger partial charge in [-0.3, -0.25) is 14.9 Å². The number of likely N-dealkylation sites (N-methyl/N-ethyl adjacent to an activating group) is 1. The second kappa shape index (κ2) is 13.6. The summed E-state index contributed by atoms with van der Waals surface area (Å²) in [6.45, 7) is 2.27. The third-order valence-electron chi connectivity index (χ3n) is 6.37. The van der Waals surface area contributed by atoms with Crippen LogP contribution in [0.1, 0.15) is 47.1 Å². The van der Waals surface area contributed by atoms with Crippen molar-refractivity contribution in [2.45, 2.75) is 32.2 Å². The van der Waals surface area contributed by atoms with Crippen molar-refractivity contribution in [3.8, 4) is 11.3 Å². The Hall–Kier alpha value is -4.29. The Bertz CT molecular complexity index is 1500. The smallest absolute Gasteiger partial charge is 0.411 e. The number of allylic oxidation sites excluding steroid dienone is 1. The first-order chi connectivity index (χ1) is 20.0. The quantitative estimate of drug-likeness (QED) is 0.274. The van der Waals surface area contributed by atoms with Crippen LogP contribution in [0.4, 0.5) is 25.0 Å². The zero-order valence-electron chi connectivity index (χ0n) is 23.3. The summed E-state index contributed by atoms with van der Waals surface area (Å²) in [5.41, 5.74) is 1.04. The Morgan fingerprint density at radius 2 is 1.90 bits per heavy atom. The molecule has 2 aromatic carbocycles. The van der Waals surface area contributed by atoms with Crippen LogP contribution < -0.4 is 16.0 Å². The summed E-state index contributed by atoms with van der Waals surface area (Å²) < 4.78 is 34.2. The van der Waals surface area contributed by atoms with Gasteiger partial charge >= 0.3 is 6.09 Å². The molecule has 4 rings (SSSR count). The summed E-state index contributed by atoms with van der Waals surface area (Å²) in [7, 11) is 3.72. The van der Waals surface area contributed by atoms with Gasteiger partial charge < -0.3 is 25.3 Å². The van der Waals surface area contributed by atoms with E-state index in [9.17, 15) is 23.2 Å². The summed E-state index contributed by atoms with van der Waals surface area (Å²) in [6, 6.07) is 6.12. The highest BCUT2D eigenvalue weighted by Gasteiger charge is 2.25. The molecule has 4 N–H and O–H groups in total. The number of fused-ring (bicyclic) bond motifs is 4. The van der Waals surface area contributed by atoms with Crippen LogP contribution in [-0.4, -0.2) is 60.0 Å². The molecule has 2 heterocycles. The minimum Gasteiger partial charge on any atom is -0.448 e. The van der Waals surface area contributed by atoms with Gasteiger partial charge in [-0.1, -0.05) is 23.8 Å². The van der Waals surface area contributed by atoms with Crippen LogP contribution in [0.25, 0.3) is 11.3 Å². The maximum atomic E-state index is 14.5. The number of carbonyl (C=O) groups excluding carboxylic acids is 3. The number of benzene rings is 2. The van der Waals surface area contributed by atoms with Crippen LogP contribution in [0, 0.1) is 18.6 Å². The summed E-state index contributed by atoms with van der Waals surface area (Å²) in [5.74, 6) is -2.95. The van der Waals surface area contributed by atoms with Crippen molar-refractivity contribution in [2.24, 2.45) is 0 Å². The van der Waals surface area contributed by atoms with Crippen molar-refractivity contribution in [3.63, 3.8) is 0 Å². The van der Waals surface area contributed by atoms with Crippen LogP contribution in [0.2, 0.25) is 5.15 Å². The van der Waals surface area contributed by atoms with E-state index in [2.05, 4.69) is 25.9 Å². The van der Waals surface area contributed by atoms with Gasteiger partial charge in [0.2, 0.25) is 5.91 Å². The average Bonchev–Trinajstić information content (AvgIpc) is 3.28. The zero-order chi connectivity index (χ0) is 30.4. The molecule has 10 nitrogen and oxygen atoms in total. The van der Waals surface area contributed by atoms with E-state index < -0.39 is 35.2 Å². The predicted molar refractivity (Wildman–Crippen MR) is 155 cm³/mol. The molecular weight excluding hydrogens is 570 g/mol. The van der Waals surface area contributed by atoms with Gasteiger partial charge in [-0.15, -0.1) is 0 Å². The number of hydrogen-bond acceptors (Lipinski definition) is 6. The fraction of sp³-hybridized carbons (Fsp3) is 0.310. The van der Waals surface area contributed by atoms with Crippen molar-refractivity contribution >= 4 is 40.9 Å². The molecule has 13 heteroatoms. The van der Waals surface area contributed by atoms with E-state index >= 15 is 0 Å². The van der Waals surface area contributed by atoms with E-state index in [-0.39, 0.29) is 42.0 Å². The maximum absolute atomic E-state index is 14.5. The number of nitrogens with zero attached hydrogens (tertiary/aromatic N) is 2. The van der Waals surface area contributed by atoms with Gasteiger partial charge in [-0.25, -0.2) is 18.6 Å². The van der Waals surface area contributed by atoms with Crippen molar-refractivity contribution in [2.75, 3.05) is 37.9 Å². The van der Waals surface area contributed by atoms with Crippen LogP contribution >= 0.6 is 11.6 Å². The summed E-state index contributed by atoms with van der Waals surface area (Å²) >= 11 is 6.53. The lowest BCUT2D eigenvalue weighted by Gasteiger charge is -2.16. The molecule has 0 saturated heterocycles. The minimum atomic E-state index is -0.979. The fourth-order valence-electron chi connectivity index (χ4n) is 4.28. The Kier molecular flexibility index (Phi) is 9.92. The van der Waals surface area contributed by atoms with Crippen molar-refractivity contribution in [3.05, 3.63) is 76.2 Å². The Morgan fingerprint density at radius 3 is 2.62 bits per heavy atom. The van der Waals surface area contributed by atoms with Gasteiger partial charge in [0, 0.05) is 24.2 Å². The first kappa shape index (κ1) is 30.7. The number of amides is 3. The third kappa shape index (κ3) is 7.71. The number of aryl methyl sites for hydroxylation is 1. The largest absolute Gasteiger partial charge is 0.448 e. The topological polar surface area (TPSA) is 128 Å². The molecular formula is C29H31ClF2N6O4. The number of anilines is 2. The number of aromatic nitrogens is 2. The number of hydrogen-bond donors (Lipinski definition) is 4. The number of nitrogens with one attached hydrogen (secondary N) is 4. The molecule has 2 bridgehead atoms. The third-order valence-corrected chi connectivity index (χ3v) is 6.64. The van der Waals surface area contributed by atoms with E-state index in [1.54, 1.807) is 30.4 Å².